The number of amides is 1. The second-order valence-corrected chi connectivity index (χ2v) is 5.36. The first kappa shape index (κ1) is 13.2. The topological polar surface area (TPSA) is 60.8 Å². The first-order chi connectivity index (χ1) is 8.43. The third kappa shape index (κ3) is 2.31. The van der Waals surface area contributed by atoms with Gasteiger partial charge in [0.25, 0.3) is 0 Å². The monoisotopic (exact) mass is 269 g/mol. The first-order valence-electron chi connectivity index (χ1n) is 5.85. The molecule has 2 N–H and O–H groups in total. The van der Waals surface area contributed by atoms with E-state index in [4.69, 9.17) is 16.7 Å². The molecule has 18 heavy (non-hydrogen) atoms. The third-order valence-electron chi connectivity index (χ3n) is 3.80. The quantitative estimate of drug-likeness (QED) is 0.823. The fraction of sp³-hybridized carbons (Fsp3) is 0.462. The lowest BCUT2D eigenvalue weighted by atomic mass is 9.72. The molecule has 1 aliphatic heterocycles. The zero-order valence-electron chi connectivity index (χ0n) is 10.1. The molecule has 1 aliphatic rings. The van der Waals surface area contributed by atoms with Gasteiger partial charge in [0.2, 0.25) is 0 Å². The van der Waals surface area contributed by atoms with E-state index in [-0.39, 0.29) is 6.54 Å². The number of carboxylic acid groups (broad SMARTS) is 1. The summed E-state index contributed by atoms with van der Waals surface area (Å²) in [5, 5.41) is 19.8. The standard InChI is InChI=1S/C13H16ClNO3/c1-13(9-2-4-10(14)5-3-9)6-7-15(12(17)18)8-11(13)16/h2-5,11,16H,6-8H2,1H3,(H,17,18). The van der Waals surface area contributed by atoms with Crippen LogP contribution in [0.3, 0.4) is 0 Å². The number of carbonyl (C=O) groups is 1. The SMILES string of the molecule is CC1(c2ccc(Cl)cc2)CCN(C(=O)O)CC1O. The molecule has 5 heteroatoms. The van der Waals surface area contributed by atoms with Crippen LogP contribution in [0.1, 0.15) is 18.9 Å². The van der Waals surface area contributed by atoms with Crippen molar-refractivity contribution in [3.05, 3.63) is 34.9 Å². The van der Waals surface area contributed by atoms with Crippen molar-refractivity contribution in [1.29, 1.82) is 0 Å². The highest BCUT2D eigenvalue weighted by molar-refractivity contribution is 6.30. The molecule has 0 spiro atoms. The van der Waals surface area contributed by atoms with Gasteiger partial charge in [-0.2, -0.15) is 0 Å². The highest BCUT2D eigenvalue weighted by Crippen LogP contribution is 2.35. The molecule has 4 nitrogen and oxygen atoms in total. The van der Waals surface area contributed by atoms with E-state index in [0.29, 0.717) is 18.0 Å². The molecular formula is C13H16ClNO3. The highest BCUT2D eigenvalue weighted by atomic mass is 35.5. The van der Waals surface area contributed by atoms with Crippen molar-refractivity contribution >= 4 is 17.7 Å². The van der Waals surface area contributed by atoms with Crippen LogP contribution in [-0.2, 0) is 5.41 Å². The Morgan fingerprint density at radius 3 is 2.56 bits per heavy atom. The average Bonchev–Trinajstić information content (AvgIpc) is 2.33. The van der Waals surface area contributed by atoms with Crippen LogP contribution in [0.25, 0.3) is 0 Å². The highest BCUT2D eigenvalue weighted by Gasteiger charge is 2.40. The molecule has 0 aliphatic carbocycles. The van der Waals surface area contributed by atoms with E-state index in [1.165, 1.54) is 4.90 Å². The Bertz CT molecular complexity index is 448. The number of benzene rings is 1. The van der Waals surface area contributed by atoms with Gasteiger partial charge >= 0.3 is 6.09 Å². The second kappa shape index (κ2) is 4.78. The van der Waals surface area contributed by atoms with Gasteiger partial charge in [0, 0.05) is 17.0 Å². The summed E-state index contributed by atoms with van der Waals surface area (Å²) in [6, 6.07) is 7.36. The van der Waals surface area contributed by atoms with Crippen molar-refractivity contribution in [2.75, 3.05) is 13.1 Å². The van der Waals surface area contributed by atoms with Crippen molar-refractivity contribution in [2.24, 2.45) is 0 Å². The number of piperidine rings is 1. The predicted molar refractivity (Wildman–Crippen MR) is 69.0 cm³/mol. The summed E-state index contributed by atoms with van der Waals surface area (Å²) in [6.45, 7) is 2.54. The van der Waals surface area contributed by atoms with Gasteiger partial charge in [-0.25, -0.2) is 4.79 Å². The molecule has 2 rings (SSSR count). The van der Waals surface area contributed by atoms with Crippen LogP contribution < -0.4 is 0 Å². The lowest BCUT2D eigenvalue weighted by Crippen LogP contribution is -2.53. The van der Waals surface area contributed by atoms with Crippen molar-refractivity contribution in [2.45, 2.75) is 24.9 Å². The Balaban J connectivity index is 2.22. The van der Waals surface area contributed by atoms with Gasteiger partial charge in [-0.3, -0.25) is 0 Å². The summed E-state index contributed by atoms with van der Waals surface area (Å²) in [7, 11) is 0. The van der Waals surface area contributed by atoms with Crippen molar-refractivity contribution in [1.82, 2.24) is 4.90 Å². The maximum atomic E-state index is 10.9. The fourth-order valence-electron chi connectivity index (χ4n) is 2.38. The Kier molecular flexibility index (Phi) is 3.50. The zero-order chi connectivity index (χ0) is 13.3. The molecule has 1 fully saturated rings. The van der Waals surface area contributed by atoms with E-state index in [1.807, 2.05) is 19.1 Å². The van der Waals surface area contributed by atoms with E-state index in [9.17, 15) is 9.90 Å². The van der Waals surface area contributed by atoms with Crippen molar-refractivity contribution < 1.29 is 15.0 Å². The number of hydrogen-bond donors (Lipinski definition) is 2. The van der Waals surface area contributed by atoms with Gasteiger partial charge in [-0.15, -0.1) is 0 Å². The molecule has 1 amide bonds. The minimum atomic E-state index is -0.979. The van der Waals surface area contributed by atoms with Crippen LogP contribution in [-0.4, -0.2) is 40.4 Å². The molecule has 1 heterocycles. The van der Waals surface area contributed by atoms with E-state index in [0.717, 1.165) is 5.56 Å². The Hall–Kier alpha value is -1.26. The van der Waals surface area contributed by atoms with Crippen LogP contribution in [0.15, 0.2) is 24.3 Å². The maximum absolute atomic E-state index is 10.9. The summed E-state index contributed by atoms with van der Waals surface area (Å²) in [6.07, 6.45) is -1.09. The van der Waals surface area contributed by atoms with Gasteiger partial charge in [0.05, 0.1) is 12.6 Å². The van der Waals surface area contributed by atoms with E-state index in [1.54, 1.807) is 12.1 Å². The van der Waals surface area contributed by atoms with Crippen LogP contribution in [0, 0.1) is 0 Å². The number of likely N-dealkylation sites (tertiary alicyclic amines) is 1. The molecule has 0 radical (unpaired) electrons. The van der Waals surface area contributed by atoms with Gasteiger partial charge in [0.1, 0.15) is 0 Å². The molecule has 0 aromatic heterocycles. The Morgan fingerprint density at radius 1 is 1.44 bits per heavy atom. The average molecular weight is 270 g/mol. The van der Waals surface area contributed by atoms with Crippen LogP contribution in [0.4, 0.5) is 4.79 Å². The number of rotatable bonds is 1. The summed E-state index contributed by atoms with van der Waals surface area (Å²) in [5.74, 6) is 0. The Labute approximate surface area is 111 Å². The number of hydrogen-bond acceptors (Lipinski definition) is 2. The van der Waals surface area contributed by atoms with Crippen molar-refractivity contribution in [3.8, 4) is 0 Å². The van der Waals surface area contributed by atoms with Gasteiger partial charge in [0.15, 0.2) is 0 Å². The molecule has 1 aromatic carbocycles. The minimum Gasteiger partial charge on any atom is -0.465 e. The third-order valence-corrected chi connectivity index (χ3v) is 4.06. The van der Waals surface area contributed by atoms with E-state index >= 15 is 0 Å². The molecule has 0 bridgehead atoms. The van der Waals surface area contributed by atoms with Gasteiger partial charge in [-0.1, -0.05) is 30.7 Å². The van der Waals surface area contributed by atoms with Crippen LogP contribution in [0.2, 0.25) is 5.02 Å². The Morgan fingerprint density at radius 2 is 2.06 bits per heavy atom. The second-order valence-electron chi connectivity index (χ2n) is 4.92. The summed E-state index contributed by atoms with van der Waals surface area (Å²) >= 11 is 5.85. The molecule has 98 valence electrons. The lowest BCUT2D eigenvalue weighted by molar-refractivity contribution is 0.0115. The van der Waals surface area contributed by atoms with Crippen LogP contribution in [0.5, 0.6) is 0 Å². The van der Waals surface area contributed by atoms with Crippen LogP contribution >= 0.6 is 11.6 Å². The summed E-state index contributed by atoms with van der Waals surface area (Å²) < 4.78 is 0. The number of β-amino-alcohol motifs (C(OH)–C–C–N with tert-alkyl or cyclic N) is 1. The smallest absolute Gasteiger partial charge is 0.407 e. The molecule has 2 atom stereocenters. The minimum absolute atomic E-state index is 0.147. The van der Waals surface area contributed by atoms with E-state index < -0.39 is 17.6 Å². The van der Waals surface area contributed by atoms with Crippen molar-refractivity contribution in [3.63, 3.8) is 0 Å². The van der Waals surface area contributed by atoms with Gasteiger partial charge < -0.3 is 15.1 Å². The normalized spacial score (nSPS) is 28.2. The molecular weight excluding hydrogens is 254 g/mol. The molecule has 2 unspecified atom stereocenters. The maximum Gasteiger partial charge on any atom is 0.407 e. The molecule has 0 saturated carbocycles. The fourth-order valence-corrected chi connectivity index (χ4v) is 2.50. The first-order valence-corrected chi connectivity index (χ1v) is 6.23. The largest absolute Gasteiger partial charge is 0.465 e. The van der Waals surface area contributed by atoms with E-state index in [2.05, 4.69) is 0 Å². The summed E-state index contributed by atoms with van der Waals surface area (Å²) in [4.78, 5) is 12.1. The number of aliphatic hydroxyl groups is 1. The molecule has 1 aromatic rings. The van der Waals surface area contributed by atoms with Gasteiger partial charge in [-0.05, 0) is 24.1 Å². The summed E-state index contributed by atoms with van der Waals surface area (Å²) in [5.41, 5.74) is 0.570. The number of halogens is 1. The zero-order valence-corrected chi connectivity index (χ0v) is 10.9. The predicted octanol–water partition coefficient (Wildman–Crippen LogP) is 2.34. The molecule has 1 saturated heterocycles. The lowest BCUT2D eigenvalue weighted by Gasteiger charge is -2.42. The number of aliphatic hydroxyl groups excluding tert-OH is 1. The number of nitrogens with zero attached hydrogens (tertiary/aromatic N) is 1.